The van der Waals surface area contributed by atoms with Crippen molar-refractivity contribution in [2.75, 3.05) is 69.2 Å². The maximum atomic E-state index is 13.3. The van der Waals surface area contributed by atoms with Gasteiger partial charge in [0.15, 0.2) is 0 Å². The highest BCUT2D eigenvalue weighted by Gasteiger charge is 2.40. The molecule has 2 aliphatic heterocycles. The first-order valence-electron chi connectivity index (χ1n) is 22.8. The molecule has 0 atom stereocenters. The van der Waals surface area contributed by atoms with Crippen LogP contribution in [0.1, 0.15) is 73.6 Å². The Bertz CT molecular complexity index is 2290. The zero-order chi connectivity index (χ0) is 47.7. The van der Waals surface area contributed by atoms with Crippen molar-refractivity contribution in [2.45, 2.75) is 88.8 Å². The van der Waals surface area contributed by atoms with Crippen molar-refractivity contribution in [3.05, 3.63) is 115 Å². The molecule has 2 aromatic heterocycles. The number of piperazine rings is 2. The van der Waals surface area contributed by atoms with Crippen LogP contribution in [-0.4, -0.2) is 96.3 Å². The van der Waals surface area contributed by atoms with E-state index in [1.165, 1.54) is 12.1 Å². The summed E-state index contributed by atoms with van der Waals surface area (Å²) in [5.74, 6) is 3.45. The van der Waals surface area contributed by atoms with Crippen LogP contribution in [0, 0.1) is 32.1 Å². The standard InChI is InChI=1S/C24H29F3N4O3.C23H27F3N4O3/c1-29-11-13-30(14-12-29)22-3-2-4-23(28-22)34-19-8-5-17(6-9-19)15-18-7-10-21(31(32)33)20(16-18)24(25,26)27;24-23(25,26)19-15-17(6-9-20(19)30(31)32)14-16-4-7-18(8-5-16)33-22-3-1-2-21(28-22)29-12-10-27-11-13-29/h2-4,7,10,16-17,19H,5-6,8-9,11-15H2,1H3;1-3,6,9,15-16,18,27H,4-5,7-8,10-14H2. The fourth-order valence-corrected chi connectivity index (χ4v) is 9.33. The fraction of sp³-hybridized carbons (Fsp3) is 0.532. The number of hydrogen-bond acceptors (Lipinski definition) is 12. The van der Waals surface area contributed by atoms with Gasteiger partial charge in [-0.05, 0) is 118 Å². The summed E-state index contributed by atoms with van der Waals surface area (Å²) in [5, 5.41) is 25.2. The number of alkyl halides is 6. The van der Waals surface area contributed by atoms with E-state index in [1.807, 2.05) is 36.4 Å². The molecule has 4 aromatic rings. The lowest BCUT2D eigenvalue weighted by atomic mass is 9.83. The minimum Gasteiger partial charge on any atom is -0.474 e. The predicted molar refractivity (Wildman–Crippen MR) is 240 cm³/mol. The van der Waals surface area contributed by atoms with Crippen molar-refractivity contribution >= 4 is 23.0 Å². The summed E-state index contributed by atoms with van der Waals surface area (Å²) in [7, 11) is 2.11. The van der Waals surface area contributed by atoms with Gasteiger partial charge in [0, 0.05) is 76.6 Å². The molecule has 0 unspecified atom stereocenters. The summed E-state index contributed by atoms with van der Waals surface area (Å²) < 4.78 is 91.7. The lowest BCUT2D eigenvalue weighted by Crippen LogP contribution is -2.44. The molecule has 0 radical (unpaired) electrons. The van der Waals surface area contributed by atoms with Crippen LogP contribution < -0.4 is 24.6 Å². The Balaban J connectivity index is 0.000000199. The number of benzene rings is 2. The van der Waals surface area contributed by atoms with Gasteiger partial charge in [0.25, 0.3) is 11.4 Å². The Labute approximate surface area is 385 Å². The van der Waals surface area contributed by atoms with Gasteiger partial charge in [-0.2, -0.15) is 36.3 Å². The van der Waals surface area contributed by atoms with Crippen LogP contribution in [0.5, 0.6) is 11.8 Å². The topological polar surface area (TPSA) is 152 Å². The first-order valence-corrected chi connectivity index (χ1v) is 22.8. The number of nitrogens with zero attached hydrogens (tertiary/aromatic N) is 7. The highest BCUT2D eigenvalue weighted by Crippen LogP contribution is 2.40. The van der Waals surface area contributed by atoms with E-state index in [0.29, 0.717) is 35.7 Å². The highest BCUT2D eigenvalue weighted by molar-refractivity contribution is 5.46. The molecular weight excluding hydrogens is 887 g/mol. The maximum absolute atomic E-state index is 13.3. The van der Waals surface area contributed by atoms with Crippen LogP contribution in [0.3, 0.4) is 0 Å². The first kappa shape index (κ1) is 49.2. The number of hydrogen-bond donors (Lipinski definition) is 1. The smallest absolute Gasteiger partial charge is 0.423 e. The molecule has 4 heterocycles. The number of nitro groups is 2. The predicted octanol–water partition coefficient (Wildman–Crippen LogP) is 9.54. The van der Waals surface area contributed by atoms with Gasteiger partial charge in [0.2, 0.25) is 11.8 Å². The van der Waals surface area contributed by atoms with Gasteiger partial charge in [-0.3, -0.25) is 20.2 Å². The van der Waals surface area contributed by atoms with E-state index in [4.69, 9.17) is 9.47 Å². The van der Waals surface area contributed by atoms with Crippen LogP contribution >= 0.6 is 0 Å². The second-order valence-electron chi connectivity index (χ2n) is 17.8. The first-order chi connectivity index (χ1) is 32.0. The van der Waals surface area contributed by atoms with E-state index < -0.39 is 44.7 Å². The van der Waals surface area contributed by atoms with Gasteiger partial charge in [-0.25, -0.2) is 0 Å². The van der Waals surface area contributed by atoms with Crippen molar-refractivity contribution in [3.8, 4) is 11.8 Å². The molecular formula is C47H56F6N8O6. The zero-order valence-electron chi connectivity index (χ0n) is 37.3. The summed E-state index contributed by atoms with van der Waals surface area (Å²) in [5.41, 5.74) is -3.22. The number of ether oxygens (including phenoxy) is 2. The molecule has 2 aliphatic carbocycles. The summed E-state index contributed by atoms with van der Waals surface area (Å²) in [4.78, 5) is 36.0. The van der Waals surface area contributed by atoms with E-state index >= 15 is 0 Å². The Morgan fingerprint density at radius 1 is 0.597 bits per heavy atom. The minimum atomic E-state index is -4.75. The molecule has 0 amide bonds. The van der Waals surface area contributed by atoms with Crippen LogP contribution in [0.25, 0.3) is 0 Å². The minimum absolute atomic E-state index is 0.0223. The molecule has 1 N–H and O–H groups in total. The van der Waals surface area contributed by atoms with Gasteiger partial charge < -0.3 is 29.5 Å². The fourth-order valence-electron chi connectivity index (χ4n) is 9.33. The molecule has 4 aliphatic rings. The Kier molecular flexibility index (Phi) is 16.1. The van der Waals surface area contributed by atoms with Crippen LogP contribution in [0.2, 0.25) is 0 Å². The number of anilines is 2. The van der Waals surface area contributed by atoms with Crippen molar-refractivity contribution in [1.29, 1.82) is 0 Å². The van der Waals surface area contributed by atoms with Crippen LogP contribution in [0.15, 0.2) is 72.8 Å². The molecule has 2 saturated carbocycles. The number of halogens is 6. The van der Waals surface area contributed by atoms with Crippen molar-refractivity contribution in [2.24, 2.45) is 11.8 Å². The van der Waals surface area contributed by atoms with Gasteiger partial charge in [0.05, 0.1) is 9.85 Å². The quantitative estimate of drug-likeness (QED) is 0.0818. The molecule has 8 rings (SSSR count). The van der Waals surface area contributed by atoms with Gasteiger partial charge in [-0.1, -0.05) is 24.3 Å². The normalized spacial score (nSPS) is 21.8. The van der Waals surface area contributed by atoms with Gasteiger partial charge in [-0.15, -0.1) is 0 Å². The third-order valence-electron chi connectivity index (χ3n) is 13.0. The van der Waals surface area contributed by atoms with Crippen LogP contribution in [0.4, 0.5) is 49.4 Å². The van der Waals surface area contributed by atoms with Crippen molar-refractivity contribution < 1.29 is 45.7 Å². The SMILES string of the molecule is CN1CCN(c2cccc(OC3CCC(Cc4ccc([N+](=O)[O-])c(C(F)(F)F)c4)CC3)n2)CC1.O=[N+]([O-])c1ccc(CC2CCC(Oc3cccc(N4CCNCC4)n3)CC2)cc1C(F)(F)F. The maximum Gasteiger partial charge on any atom is 0.423 e. The highest BCUT2D eigenvalue weighted by atomic mass is 19.4. The molecule has 67 heavy (non-hydrogen) atoms. The second kappa shape index (κ2) is 21.9. The number of nitrogens with one attached hydrogen (secondary N) is 1. The largest absolute Gasteiger partial charge is 0.474 e. The van der Waals surface area contributed by atoms with E-state index in [2.05, 4.69) is 37.0 Å². The number of pyridine rings is 2. The van der Waals surface area contributed by atoms with E-state index in [1.54, 1.807) is 0 Å². The number of aromatic nitrogens is 2. The summed E-state index contributed by atoms with van der Waals surface area (Å²) >= 11 is 0. The second-order valence-corrected chi connectivity index (χ2v) is 17.8. The molecule has 362 valence electrons. The molecule has 0 spiro atoms. The van der Waals surface area contributed by atoms with Crippen molar-refractivity contribution in [3.63, 3.8) is 0 Å². The monoisotopic (exact) mass is 942 g/mol. The van der Waals surface area contributed by atoms with Crippen LogP contribution in [-0.2, 0) is 25.2 Å². The van der Waals surface area contributed by atoms with Crippen molar-refractivity contribution in [1.82, 2.24) is 20.2 Å². The molecule has 0 bridgehead atoms. The molecule has 2 saturated heterocycles. The number of rotatable bonds is 12. The summed E-state index contributed by atoms with van der Waals surface area (Å²) in [6, 6.07) is 18.2. The molecule has 2 aromatic carbocycles. The summed E-state index contributed by atoms with van der Waals surface area (Å²) in [6.07, 6.45) is -2.07. The number of nitro benzene ring substituents is 2. The Morgan fingerprint density at radius 3 is 1.39 bits per heavy atom. The average Bonchev–Trinajstić information content (AvgIpc) is 3.30. The molecule has 4 fully saturated rings. The third kappa shape index (κ3) is 13.7. The number of likely N-dealkylation sites (N-methyl/N-ethyl adjacent to an activating group) is 1. The van der Waals surface area contributed by atoms with Gasteiger partial charge >= 0.3 is 12.4 Å². The zero-order valence-corrected chi connectivity index (χ0v) is 37.3. The van der Waals surface area contributed by atoms with E-state index in [-0.39, 0.29) is 24.0 Å². The lowest BCUT2D eigenvalue weighted by Gasteiger charge is -2.33. The van der Waals surface area contributed by atoms with E-state index in [9.17, 15) is 46.6 Å². The average molecular weight is 943 g/mol. The Morgan fingerprint density at radius 2 is 1.00 bits per heavy atom. The summed E-state index contributed by atoms with van der Waals surface area (Å²) in [6.45, 7) is 7.51. The molecule has 20 heteroatoms. The third-order valence-corrected chi connectivity index (χ3v) is 13.0. The lowest BCUT2D eigenvalue weighted by molar-refractivity contribution is -0.388. The van der Waals surface area contributed by atoms with Gasteiger partial charge in [0.1, 0.15) is 35.0 Å². The Hall–Kier alpha value is -5.76. The van der Waals surface area contributed by atoms with E-state index in [0.717, 1.165) is 140 Å². The molecule has 14 nitrogen and oxygen atoms in total.